The van der Waals surface area contributed by atoms with Crippen LogP contribution >= 0.6 is 0 Å². The van der Waals surface area contributed by atoms with Crippen LogP contribution in [-0.4, -0.2) is 19.2 Å². The SMILES string of the molecule is Fc1cccc2c1CCO[C@@H]2[C@@H]1CCN1. The van der Waals surface area contributed by atoms with Crippen molar-refractivity contribution in [3.8, 4) is 0 Å². The van der Waals surface area contributed by atoms with Crippen LogP contribution in [-0.2, 0) is 11.2 Å². The molecule has 0 aliphatic carbocycles. The molecule has 0 radical (unpaired) electrons. The van der Waals surface area contributed by atoms with Crippen LogP contribution in [0.1, 0.15) is 23.7 Å². The third kappa shape index (κ3) is 1.46. The fourth-order valence-electron chi connectivity index (χ4n) is 2.39. The highest BCUT2D eigenvalue weighted by atomic mass is 19.1. The summed E-state index contributed by atoms with van der Waals surface area (Å²) in [6.45, 7) is 1.69. The predicted molar refractivity (Wildman–Crippen MR) is 55.2 cm³/mol. The van der Waals surface area contributed by atoms with Gasteiger partial charge in [0.25, 0.3) is 0 Å². The number of rotatable bonds is 1. The van der Waals surface area contributed by atoms with Crippen LogP contribution in [0.4, 0.5) is 4.39 Å². The lowest BCUT2D eigenvalue weighted by molar-refractivity contribution is -0.00230. The molecule has 1 saturated heterocycles. The zero-order chi connectivity index (χ0) is 10.3. The minimum atomic E-state index is -0.0832. The first-order valence-corrected chi connectivity index (χ1v) is 5.48. The minimum absolute atomic E-state index is 0.0539. The predicted octanol–water partition coefficient (Wildman–Crippen LogP) is 1.80. The van der Waals surface area contributed by atoms with Gasteiger partial charge in [-0.15, -0.1) is 0 Å². The number of halogens is 1. The third-order valence-corrected chi connectivity index (χ3v) is 3.34. The number of benzene rings is 1. The van der Waals surface area contributed by atoms with Gasteiger partial charge < -0.3 is 10.1 Å². The molecule has 2 atom stereocenters. The van der Waals surface area contributed by atoms with E-state index in [-0.39, 0.29) is 11.9 Å². The Morgan fingerprint density at radius 3 is 3.00 bits per heavy atom. The first-order valence-electron chi connectivity index (χ1n) is 5.48. The van der Waals surface area contributed by atoms with Gasteiger partial charge in [-0.25, -0.2) is 4.39 Å². The van der Waals surface area contributed by atoms with Gasteiger partial charge in [-0.05, 0) is 36.6 Å². The lowest BCUT2D eigenvalue weighted by atomic mass is 9.89. The monoisotopic (exact) mass is 207 g/mol. The molecule has 80 valence electrons. The molecule has 3 heteroatoms. The van der Waals surface area contributed by atoms with Gasteiger partial charge in [0.2, 0.25) is 0 Å². The van der Waals surface area contributed by atoms with Crippen molar-refractivity contribution in [3.63, 3.8) is 0 Å². The van der Waals surface area contributed by atoms with Crippen molar-refractivity contribution in [3.05, 3.63) is 35.1 Å². The molecule has 0 amide bonds. The number of hydrogen-bond donors (Lipinski definition) is 1. The van der Waals surface area contributed by atoms with E-state index < -0.39 is 0 Å². The largest absolute Gasteiger partial charge is 0.372 e. The van der Waals surface area contributed by atoms with Gasteiger partial charge >= 0.3 is 0 Å². The molecular weight excluding hydrogens is 193 g/mol. The van der Waals surface area contributed by atoms with Crippen LogP contribution in [0.25, 0.3) is 0 Å². The Bertz CT molecular complexity index is 376. The Kier molecular flexibility index (Phi) is 2.22. The number of nitrogens with one attached hydrogen (secondary N) is 1. The van der Waals surface area contributed by atoms with Gasteiger partial charge in [0.15, 0.2) is 0 Å². The van der Waals surface area contributed by atoms with Crippen molar-refractivity contribution in [2.24, 2.45) is 0 Å². The molecule has 1 fully saturated rings. The summed E-state index contributed by atoms with van der Waals surface area (Å²) in [5.41, 5.74) is 1.89. The van der Waals surface area contributed by atoms with E-state index >= 15 is 0 Å². The summed E-state index contributed by atoms with van der Waals surface area (Å²) in [7, 11) is 0. The van der Waals surface area contributed by atoms with Crippen molar-refractivity contribution in [1.82, 2.24) is 5.32 Å². The van der Waals surface area contributed by atoms with E-state index in [0.717, 1.165) is 24.1 Å². The summed E-state index contributed by atoms with van der Waals surface area (Å²) in [6.07, 6.45) is 1.88. The topological polar surface area (TPSA) is 21.3 Å². The Morgan fingerprint density at radius 1 is 1.40 bits per heavy atom. The lowest BCUT2D eigenvalue weighted by Gasteiger charge is -2.38. The van der Waals surface area contributed by atoms with Crippen LogP contribution in [0.15, 0.2) is 18.2 Å². The van der Waals surface area contributed by atoms with Crippen molar-refractivity contribution >= 4 is 0 Å². The average Bonchev–Trinajstić information content (AvgIpc) is 2.17. The third-order valence-electron chi connectivity index (χ3n) is 3.34. The molecule has 0 saturated carbocycles. The van der Waals surface area contributed by atoms with Crippen molar-refractivity contribution in [1.29, 1.82) is 0 Å². The fraction of sp³-hybridized carbons (Fsp3) is 0.500. The van der Waals surface area contributed by atoms with Crippen molar-refractivity contribution in [2.45, 2.75) is 25.0 Å². The zero-order valence-corrected chi connectivity index (χ0v) is 8.50. The molecule has 2 aliphatic heterocycles. The number of fused-ring (bicyclic) bond motifs is 1. The van der Waals surface area contributed by atoms with Crippen LogP contribution in [0.3, 0.4) is 0 Å². The maximum atomic E-state index is 13.6. The molecule has 0 unspecified atom stereocenters. The highest BCUT2D eigenvalue weighted by Crippen LogP contribution is 2.33. The Hall–Kier alpha value is -0.930. The number of ether oxygens (including phenoxy) is 1. The summed E-state index contributed by atoms with van der Waals surface area (Å²) >= 11 is 0. The van der Waals surface area contributed by atoms with Crippen LogP contribution < -0.4 is 5.32 Å². The van der Waals surface area contributed by atoms with E-state index in [4.69, 9.17) is 4.74 Å². The second-order valence-electron chi connectivity index (χ2n) is 4.20. The molecule has 2 aliphatic rings. The van der Waals surface area contributed by atoms with E-state index in [0.29, 0.717) is 19.1 Å². The zero-order valence-electron chi connectivity index (χ0n) is 8.50. The van der Waals surface area contributed by atoms with E-state index in [1.54, 1.807) is 6.07 Å². The molecule has 15 heavy (non-hydrogen) atoms. The molecular formula is C12H14FNO. The van der Waals surface area contributed by atoms with E-state index in [9.17, 15) is 4.39 Å². The fourth-order valence-corrected chi connectivity index (χ4v) is 2.39. The molecule has 0 bridgehead atoms. The van der Waals surface area contributed by atoms with Gasteiger partial charge in [-0.2, -0.15) is 0 Å². The molecule has 0 spiro atoms. The van der Waals surface area contributed by atoms with Crippen LogP contribution in [0, 0.1) is 5.82 Å². The molecule has 1 N–H and O–H groups in total. The van der Waals surface area contributed by atoms with Gasteiger partial charge in [0.05, 0.1) is 12.7 Å². The standard InChI is InChI=1S/C12H14FNO/c13-10-3-1-2-9-8(10)5-7-15-12(9)11-4-6-14-11/h1-3,11-12,14H,4-7H2/t11-,12-/m0/s1. The molecule has 2 nitrogen and oxygen atoms in total. The molecule has 2 heterocycles. The average molecular weight is 207 g/mol. The summed E-state index contributed by atoms with van der Waals surface area (Å²) in [5, 5.41) is 3.33. The van der Waals surface area contributed by atoms with E-state index in [2.05, 4.69) is 5.32 Å². The Morgan fingerprint density at radius 2 is 2.27 bits per heavy atom. The highest BCUT2D eigenvalue weighted by Gasteiger charge is 2.33. The summed E-state index contributed by atoms with van der Waals surface area (Å²) < 4.78 is 19.3. The van der Waals surface area contributed by atoms with Crippen molar-refractivity contribution in [2.75, 3.05) is 13.2 Å². The quantitative estimate of drug-likeness (QED) is 0.758. The Balaban J connectivity index is 1.98. The van der Waals surface area contributed by atoms with E-state index in [1.807, 2.05) is 6.07 Å². The normalized spacial score (nSPS) is 29.4. The maximum Gasteiger partial charge on any atom is 0.126 e. The summed E-state index contributed by atoms with van der Waals surface area (Å²) in [4.78, 5) is 0. The van der Waals surface area contributed by atoms with Gasteiger partial charge in [0, 0.05) is 6.04 Å². The Labute approximate surface area is 88.4 Å². The first-order chi connectivity index (χ1) is 7.36. The van der Waals surface area contributed by atoms with Crippen LogP contribution in [0.5, 0.6) is 0 Å². The molecule has 1 aromatic carbocycles. The molecule has 0 aromatic heterocycles. The second kappa shape index (κ2) is 3.58. The maximum absolute atomic E-state index is 13.6. The second-order valence-corrected chi connectivity index (χ2v) is 4.20. The van der Waals surface area contributed by atoms with E-state index in [1.165, 1.54) is 6.07 Å². The van der Waals surface area contributed by atoms with Crippen LogP contribution in [0.2, 0.25) is 0 Å². The lowest BCUT2D eigenvalue weighted by Crippen LogP contribution is -2.48. The summed E-state index contributed by atoms with van der Waals surface area (Å²) in [5.74, 6) is -0.0832. The number of hydrogen-bond acceptors (Lipinski definition) is 2. The van der Waals surface area contributed by atoms with Gasteiger partial charge in [-0.1, -0.05) is 12.1 Å². The smallest absolute Gasteiger partial charge is 0.126 e. The molecule has 3 rings (SSSR count). The minimum Gasteiger partial charge on any atom is -0.372 e. The van der Waals surface area contributed by atoms with Gasteiger partial charge in [-0.3, -0.25) is 0 Å². The van der Waals surface area contributed by atoms with Gasteiger partial charge in [0.1, 0.15) is 5.82 Å². The van der Waals surface area contributed by atoms with Crippen molar-refractivity contribution < 1.29 is 9.13 Å². The molecule has 1 aromatic rings. The highest BCUT2D eigenvalue weighted by molar-refractivity contribution is 5.33. The first kappa shape index (κ1) is 9.31. The summed E-state index contributed by atoms with van der Waals surface area (Å²) in [6, 6.07) is 5.68.